The van der Waals surface area contributed by atoms with Gasteiger partial charge in [0, 0.05) is 5.56 Å². The average Bonchev–Trinajstić information content (AvgIpc) is 2.75. The van der Waals surface area contributed by atoms with Crippen LogP contribution in [0.4, 0.5) is 0 Å². The number of allylic oxidation sites excluding steroid dienone is 1. The maximum atomic E-state index is 11.8. The molecule has 0 spiro atoms. The molecule has 0 saturated carbocycles. The van der Waals surface area contributed by atoms with E-state index in [9.17, 15) is 15.2 Å². The van der Waals surface area contributed by atoms with Gasteiger partial charge in [-0.1, -0.05) is 30.3 Å². The summed E-state index contributed by atoms with van der Waals surface area (Å²) in [6.45, 7) is 1.56. The van der Waals surface area contributed by atoms with Crippen LogP contribution in [0.5, 0.6) is 23.3 Å². The fourth-order valence-electron chi connectivity index (χ4n) is 2.63. The SMILES string of the molecule is CO/C(C)=C(/C(=O)O)c1ccccc1Oc1cc(Oc2ccccc2C#N)ncn1. The summed E-state index contributed by atoms with van der Waals surface area (Å²) in [5.74, 6) is 0.0118. The first-order chi connectivity index (χ1) is 14.5. The first-order valence-corrected chi connectivity index (χ1v) is 8.78. The minimum Gasteiger partial charge on any atom is -0.500 e. The maximum Gasteiger partial charge on any atom is 0.339 e. The van der Waals surface area contributed by atoms with Gasteiger partial charge >= 0.3 is 5.97 Å². The van der Waals surface area contributed by atoms with Gasteiger partial charge in [-0.2, -0.15) is 5.26 Å². The van der Waals surface area contributed by atoms with Crippen LogP contribution in [0.3, 0.4) is 0 Å². The van der Waals surface area contributed by atoms with Gasteiger partial charge in [-0.25, -0.2) is 14.8 Å². The molecule has 0 unspecified atom stereocenters. The number of carbonyl (C=O) groups is 1. The number of nitriles is 1. The fraction of sp³-hybridized carbons (Fsp3) is 0.0909. The molecule has 8 heteroatoms. The highest BCUT2D eigenvalue weighted by Crippen LogP contribution is 2.33. The minimum atomic E-state index is -1.15. The van der Waals surface area contributed by atoms with Crippen molar-refractivity contribution in [2.75, 3.05) is 7.11 Å². The number of carboxylic acids is 1. The van der Waals surface area contributed by atoms with Crippen LogP contribution in [-0.4, -0.2) is 28.2 Å². The van der Waals surface area contributed by atoms with Crippen molar-refractivity contribution in [1.82, 2.24) is 9.97 Å². The summed E-state index contributed by atoms with van der Waals surface area (Å²) in [6, 6.07) is 16.9. The Bertz CT molecular complexity index is 1150. The second-order valence-electron chi connectivity index (χ2n) is 5.94. The zero-order valence-corrected chi connectivity index (χ0v) is 16.2. The summed E-state index contributed by atoms with van der Waals surface area (Å²) >= 11 is 0. The number of carboxylic acid groups (broad SMARTS) is 1. The van der Waals surface area contributed by atoms with E-state index in [1.807, 2.05) is 6.07 Å². The van der Waals surface area contributed by atoms with Crippen molar-refractivity contribution in [3.8, 4) is 29.3 Å². The van der Waals surface area contributed by atoms with Crippen LogP contribution >= 0.6 is 0 Å². The molecule has 1 N–H and O–H groups in total. The lowest BCUT2D eigenvalue weighted by atomic mass is 10.0. The zero-order chi connectivity index (χ0) is 21.5. The third kappa shape index (κ3) is 4.54. The Morgan fingerprint density at radius 2 is 1.60 bits per heavy atom. The molecule has 0 saturated heterocycles. The Hall–Kier alpha value is -4.38. The number of nitrogens with zero attached hydrogens (tertiary/aromatic N) is 3. The van der Waals surface area contributed by atoms with Gasteiger partial charge in [0.25, 0.3) is 0 Å². The van der Waals surface area contributed by atoms with Crippen LogP contribution in [0.2, 0.25) is 0 Å². The fourth-order valence-corrected chi connectivity index (χ4v) is 2.63. The average molecular weight is 403 g/mol. The van der Waals surface area contributed by atoms with Gasteiger partial charge in [-0.05, 0) is 25.1 Å². The summed E-state index contributed by atoms with van der Waals surface area (Å²) in [6.07, 6.45) is 1.25. The quantitative estimate of drug-likeness (QED) is 0.456. The molecule has 0 aliphatic rings. The number of rotatable bonds is 7. The molecule has 3 aromatic rings. The topological polar surface area (TPSA) is 115 Å². The van der Waals surface area contributed by atoms with E-state index in [1.165, 1.54) is 19.5 Å². The monoisotopic (exact) mass is 403 g/mol. The predicted molar refractivity (Wildman–Crippen MR) is 107 cm³/mol. The van der Waals surface area contributed by atoms with E-state index in [1.54, 1.807) is 55.5 Å². The van der Waals surface area contributed by atoms with Crippen molar-refractivity contribution in [3.05, 3.63) is 77.8 Å². The van der Waals surface area contributed by atoms with Gasteiger partial charge in [0.1, 0.15) is 35.2 Å². The minimum absolute atomic E-state index is 0.0263. The van der Waals surface area contributed by atoms with Crippen molar-refractivity contribution in [2.24, 2.45) is 0 Å². The normalized spacial score (nSPS) is 11.1. The van der Waals surface area contributed by atoms with Crippen molar-refractivity contribution >= 4 is 11.5 Å². The molecule has 0 fully saturated rings. The molecule has 0 aliphatic carbocycles. The molecule has 150 valence electrons. The number of methoxy groups -OCH3 is 1. The Labute approximate surface area is 172 Å². The third-order valence-corrected chi connectivity index (χ3v) is 4.08. The summed E-state index contributed by atoms with van der Waals surface area (Å²) < 4.78 is 16.6. The summed E-state index contributed by atoms with van der Waals surface area (Å²) in [5, 5.41) is 18.8. The van der Waals surface area contributed by atoms with Crippen LogP contribution < -0.4 is 9.47 Å². The summed E-state index contributed by atoms with van der Waals surface area (Å²) in [5.41, 5.74) is 0.664. The van der Waals surface area contributed by atoms with E-state index in [2.05, 4.69) is 9.97 Å². The van der Waals surface area contributed by atoms with Crippen LogP contribution in [0.15, 0.2) is 66.7 Å². The van der Waals surface area contributed by atoms with E-state index in [0.29, 0.717) is 16.9 Å². The molecule has 3 rings (SSSR count). The van der Waals surface area contributed by atoms with E-state index in [-0.39, 0.29) is 28.8 Å². The third-order valence-electron chi connectivity index (χ3n) is 4.08. The molecule has 8 nitrogen and oxygen atoms in total. The van der Waals surface area contributed by atoms with Gasteiger partial charge in [-0.15, -0.1) is 0 Å². The predicted octanol–water partition coefficient (Wildman–Crippen LogP) is 4.39. The lowest BCUT2D eigenvalue weighted by molar-refractivity contribution is -0.130. The van der Waals surface area contributed by atoms with Crippen molar-refractivity contribution < 1.29 is 24.1 Å². The maximum absolute atomic E-state index is 11.8. The Morgan fingerprint density at radius 3 is 2.23 bits per heavy atom. The highest BCUT2D eigenvalue weighted by atomic mass is 16.5. The number of aliphatic carboxylic acids is 1. The number of benzene rings is 2. The number of para-hydroxylation sites is 2. The Balaban J connectivity index is 1.93. The molecular weight excluding hydrogens is 386 g/mol. The molecule has 0 bridgehead atoms. The molecule has 0 amide bonds. The van der Waals surface area contributed by atoms with Crippen LogP contribution in [0, 0.1) is 11.3 Å². The Kier molecular flexibility index (Phi) is 6.25. The van der Waals surface area contributed by atoms with E-state index in [4.69, 9.17) is 14.2 Å². The first kappa shape index (κ1) is 20.4. The number of hydrogen-bond donors (Lipinski definition) is 1. The second kappa shape index (κ2) is 9.21. The van der Waals surface area contributed by atoms with Crippen LogP contribution in [0.1, 0.15) is 18.1 Å². The van der Waals surface area contributed by atoms with Gasteiger partial charge < -0.3 is 19.3 Å². The van der Waals surface area contributed by atoms with Crippen molar-refractivity contribution in [3.63, 3.8) is 0 Å². The number of ether oxygens (including phenoxy) is 3. The molecule has 0 radical (unpaired) electrons. The number of aromatic nitrogens is 2. The van der Waals surface area contributed by atoms with Crippen LogP contribution in [-0.2, 0) is 9.53 Å². The van der Waals surface area contributed by atoms with Gasteiger partial charge in [-0.3, -0.25) is 0 Å². The molecule has 1 aromatic heterocycles. The highest BCUT2D eigenvalue weighted by molar-refractivity contribution is 6.16. The van der Waals surface area contributed by atoms with Gasteiger partial charge in [0.2, 0.25) is 11.8 Å². The lowest BCUT2D eigenvalue weighted by Gasteiger charge is -2.13. The second-order valence-corrected chi connectivity index (χ2v) is 5.94. The summed E-state index contributed by atoms with van der Waals surface area (Å²) in [4.78, 5) is 19.8. The molecular formula is C22H17N3O5. The standard InChI is InChI=1S/C22H17N3O5/c1-14(28-2)21(22(26)27)16-8-4-6-10-18(16)30-20-11-19(24-13-25-20)29-17-9-5-3-7-15(17)12-23/h3-11,13H,1-2H3,(H,26,27)/b21-14+. The number of hydrogen-bond acceptors (Lipinski definition) is 7. The smallest absolute Gasteiger partial charge is 0.339 e. The van der Waals surface area contributed by atoms with Crippen molar-refractivity contribution in [1.29, 1.82) is 5.26 Å². The summed E-state index contributed by atoms with van der Waals surface area (Å²) in [7, 11) is 1.40. The molecule has 0 aliphatic heterocycles. The Morgan fingerprint density at radius 1 is 1.00 bits per heavy atom. The lowest BCUT2D eigenvalue weighted by Crippen LogP contribution is -2.05. The molecule has 2 aromatic carbocycles. The van der Waals surface area contributed by atoms with E-state index in [0.717, 1.165) is 0 Å². The molecule has 1 heterocycles. The molecule has 30 heavy (non-hydrogen) atoms. The first-order valence-electron chi connectivity index (χ1n) is 8.78. The van der Waals surface area contributed by atoms with Gasteiger partial charge in [0.05, 0.1) is 18.7 Å². The van der Waals surface area contributed by atoms with E-state index >= 15 is 0 Å². The molecule has 0 atom stereocenters. The largest absolute Gasteiger partial charge is 0.500 e. The van der Waals surface area contributed by atoms with E-state index < -0.39 is 5.97 Å². The van der Waals surface area contributed by atoms with Crippen LogP contribution in [0.25, 0.3) is 5.57 Å². The highest BCUT2D eigenvalue weighted by Gasteiger charge is 2.20. The van der Waals surface area contributed by atoms with Crippen molar-refractivity contribution in [2.45, 2.75) is 6.92 Å². The zero-order valence-electron chi connectivity index (χ0n) is 16.2. The van der Waals surface area contributed by atoms with Gasteiger partial charge in [0.15, 0.2) is 0 Å².